The highest BCUT2D eigenvalue weighted by Crippen LogP contribution is 2.12. The maximum absolute atomic E-state index is 12.6. The van der Waals surface area contributed by atoms with Gasteiger partial charge in [0.05, 0.1) is 6.26 Å². The van der Waals surface area contributed by atoms with Gasteiger partial charge in [-0.15, -0.1) is 0 Å². The Balaban J connectivity index is 1.54. The molecule has 0 N–H and O–H groups in total. The van der Waals surface area contributed by atoms with E-state index in [1.165, 1.54) is 11.6 Å². The van der Waals surface area contributed by atoms with Crippen LogP contribution in [0.2, 0.25) is 0 Å². The molecular formula is C20H22N2O3. The van der Waals surface area contributed by atoms with Crippen molar-refractivity contribution >= 4 is 17.9 Å². The molecule has 0 bridgehead atoms. The second kappa shape index (κ2) is 7.83. The lowest BCUT2D eigenvalue weighted by Crippen LogP contribution is -2.50. The molecule has 1 aromatic heterocycles. The van der Waals surface area contributed by atoms with E-state index in [2.05, 4.69) is 6.92 Å². The van der Waals surface area contributed by atoms with Gasteiger partial charge in [-0.2, -0.15) is 0 Å². The number of carbonyl (C=O) groups excluding carboxylic acids is 2. The number of furan rings is 1. The van der Waals surface area contributed by atoms with E-state index in [0.717, 1.165) is 6.42 Å². The number of aryl methyl sites for hydroxylation is 1. The second-order valence-electron chi connectivity index (χ2n) is 6.02. The standard InChI is InChI=1S/C20H22N2O3/c1-2-16-5-7-17(8-6-16)20(24)22-13-11-21(12-14-22)19(23)10-9-18-4-3-15-25-18/h3-10,15H,2,11-14H2,1H3/b10-9+. The van der Waals surface area contributed by atoms with Crippen molar-refractivity contribution in [1.29, 1.82) is 0 Å². The molecule has 2 amide bonds. The van der Waals surface area contributed by atoms with Gasteiger partial charge >= 0.3 is 0 Å². The zero-order chi connectivity index (χ0) is 17.6. The van der Waals surface area contributed by atoms with Gasteiger partial charge in [0.2, 0.25) is 5.91 Å². The molecule has 130 valence electrons. The fraction of sp³-hybridized carbons (Fsp3) is 0.300. The highest BCUT2D eigenvalue weighted by molar-refractivity contribution is 5.95. The van der Waals surface area contributed by atoms with Crippen molar-refractivity contribution in [2.45, 2.75) is 13.3 Å². The molecule has 25 heavy (non-hydrogen) atoms. The highest BCUT2D eigenvalue weighted by atomic mass is 16.3. The van der Waals surface area contributed by atoms with E-state index in [0.29, 0.717) is 37.5 Å². The van der Waals surface area contributed by atoms with Crippen molar-refractivity contribution in [3.63, 3.8) is 0 Å². The van der Waals surface area contributed by atoms with Gasteiger partial charge in [0.25, 0.3) is 5.91 Å². The molecular weight excluding hydrogens is 316 g/mol. The minimum Gasteiger partial charge on any atom is -0.465 e. The summed E-state index contributed by atoms with van der Waals surface area (Å²) in [6.45, 7) is 4.27. The van der Waals surface area contributed by atoms with Crippen LogP contribution in [0, 0.1) is 0 Å². The van der Waals surface area contributed by atoms with E-state index >= 15 is 0 Å². The summed E-state index contributed by atoms with van der Waals surface area (Å²) in [5.41, 5.74) is 1.92. The summed E-state index contributed by atoms with van der Waals surface area (Å²) in [5.74, 6) is 0.620. The number of hydrogen-bond donors (Lipinski definition) is 0. The average Bonchev–Trinajstić information content (AvgIpc) is 3.19. The Hall–Kier alpha value is -2.82. The van der Waals surface area contributed by atoms with Gasteiger partial charge in [-0.1, -0.05) is 19.1 Å². The van der Waals surface area contributed by atoms with Crippen molar-refractivity contribution in [1.82, 2.24) is 9.80 Å². The Morgan fingerprint density at radius 2 is 1.72 bits per heavy atom. The Kier molecular flexibility index (Phi) is 5.33. The Morgan fingerprint density at radius 1 is 1.04 bits per heavy atom. The van der Waals surface area contributed by atoms with Crippen molar-refractivity contribution in [3.05, 3.63) is 65.6 Å². The fourth-order valence-corrected chi connectivity index (χ4v) is 2.84. The van der Waals surface area contributed by atoms with Crippen LogP contribution in [0.25, 0.3) is 6.08 Å². The van der Waals surface area contributed by atoms with E-state index in [-0.39, 0.29) is 11.8 Å². The molecule has 0 spiro atoms. The van der Waals surface area contributed by atoms with Crippen LogP contribution in [0.1, 0.15) is 28.6 Å². The van der Waals surface area contributed by atoms with Gasteiger partial charge in [-0.3, -0.25) is 9.59 Å². The third-order valence-corrected chi connectivity index (χ3v) is 4.42. The molecule has 5 heteroatoms. The maximum Gasteiger partial charge on any atom is 0.253 e. The zero-order valence-electron chi connectivity index (χ0n) is 14.4. The molecule has 1 aliphatic rings. The number of rotatable bonds is 4. The minimum atomic E-state index is -0.0594. The first-order chi connectivity index (χ1) is 12.2. The van der Waals surface area contributed by atoms with Crippen LogP contribution in [-0.4, -0.2) is 47.8 Å². The first-order valence-corrected chi connectivity index (χ1v) is 8.56. The molecule has 0 atom stereocenters. The number of amides is 2. The molecule has 1 aliphatic heterocycles. The summed E-state index contributed by atoms with van der Waals surface area (Å²) in [6.07, 6.45) is 5.71. The van der Waals surface area contributed by atoms with Gasteiger partial charge in [0.15, 0.2) is 0 Å². The van der Waals surface area contributed by atoms with Crippen LogP contribution in [0.4, 0.5) is 0 Å². The van der Waals surface area contributed by atoms with E-state index in [1.807, 2.05) is 24.3 Å². The first kappa shape index (κ1) is 17.0. The second-order valence-corrected chi connectivity index (χ2v) is 6.02. The molecule has 0 radical (unpaired) electrons. The predicted octanol–water partition coefficient (Wildman–Crippen LogP) is 2.84. The number of carbonyl (C=O) groups is 2. The molecule has 1 aromatic carbocycles. The molecule has 0 unspecified atom stereocenters. The van der Waals surface area contributed by atoms with Crippen LogP contribution in [0.3, 0.4) is 0 Å². The van der Waals surface area contributed by atoms with Crippen LogP contribution >= 0.6 is 0 Å². The summed E-state index contributed by atoms with van der Waals surface area (Å²) in [6, 6.07) is 11.3. The van der Waals surface area contributed by atoms with Gasteiger partial charge in [-0.05, 0) is 42.3 Å². The summed E-state index contributed by atoms with van der Waals surface area (Å²) in [7, 11) is 0. The molecule has 2 aromatic rings. The van der Waals surface area contributed by atoms with Crippen molar-refractivity contribution in [2.75, 3.05) is 26.2 Å². The molecule has 5 nitrogen and oxygen atoms in total. The third-order valence-electron chi connectivity index (χ3n) is 4.42. The molecule has 2 heterocycles. The van der Waals surface area contributed by atoms with E-state index < -0.39 is 0 Å². The van der Waals surface area contributed by atoms with Gasteiger partial charge < -0.3 is 14.2 Å². The number of benzene rings is 1. The number of piperazine rings is 1. The average molecular weight is 338 g/mol. The number of nitrogens with zero attached hydrogens (tertiary/aromatic N) is 2. The van der Waals surface area contributed by atoms with Crippen molar-refractivity contribution < 1.29 is 14.0 Å². The van der Waals surface area contributed by atoms with Crippen LogP contribution in [0.5, 0.6) is 0 Å². The molecule has 0 aliphatic carbocycles. The predicted molar refractivity (Wildman–Crippen MR) is 96.0 cm³/mol. The highest BCUT2D eigenvalue weighted by Gasteiger charge is 2.23. The third kappa shape index (κ3) is 4.18. The smallest absolute Gasteiger partial charge is 0.253 e. The first-order valence-electron chi connectivity index (χ1n) is 8.56. The minimum absolute atomic E-state index is 0.0286. The monoisotopic (exact) mass is 338 g/mol. The van der Waals surface area contributed by atoms with E-state index in [9.17, 15) is 9.59 Å². The van der Waals surface area contributed by atoms with Crippen LogP contribution in [0.15, 0.2) is 53.2 Å². The normalized spacial score (nSPS) is 14.9. The Morgan fingerprint density at radius 3 is 2.32 bits per heavy atom. The van der Waals surface area contributed by atoms with Gasteiger partial charge in [0.1, 0.15) is 5.76 Å². The Bertz CT molecular complexity index is 740. The van der Waals surface area contributed by atoms with E-state index in [1.54, 1.807) is 34.3 Å². The summed E-state index contributed by atoms with van der Waals surface area (Å²) >= 11 is 0. The quantitative estimate of drug-likeness (QED) is 0.806. The largest absolute Gasteiger partial charge is 0.465 e. The molecule has 0 saturated carbocycles. The van der Waals surface area contributed by atoms with Crippen LogP contribution < -0.4 is 0 Å². The lowest BCUT2D eigenvalue weighted by Gasteiger charge is -2.34. The summed E-state index contributed by atoms with van der Waals surface area (Å²) < 4.78 is 5.17. The maximum atomic E-state index is 12.6. The van der Waals surface area contributed by atoms with Gasteiger partial charge in [-0.25, -0.2) is 0 Å². The van der Waals surface area contributed by atoms with Crippen molar-refractivity contribution in [3.8, 4) is 0 Å². The Labute approximate surface area is 147 Å². The summed E-state index contributed by atoms with van der Waals surface area (Å²) in [5, 5.41) is 0. The summed E-state index contributed by atoms with van der Waals surface area (Å²) in [4.78, 5) is 28.3. The van der Waals surface area contributed by atoms with Crippen molar-refractivity contribution in [2.24, 2.45) is 0 Å². The zero-order valence-corrected chi connectivity index (χ0v) is 14.4. The molecule has 3 rings (SSSR count). The lowest BCUT2D eigenvalue weighted by molar-refractivity contribution is -0.127. The van der Waals surface area contributed by atoms with E-state index in [4.69, 9.17) is 4.42 Å². The number of hydrogen-bond acceptors (Lipinski definition) is 3. The molecule has 1 fully saturated rings. The van der Waals surface area contributed by atoms with Gasteiger partial charge in [0, 0.05) is 37.8 Å². The fourth-order valence-electron chi connectivity index (χ4n) is 2.84. The molecule has 1 saturated heterocycles. The van der Waals surface area contributed by atoms with Crippen LogP contribution in [-0.2, 0) is 11.2 Å². The topological polar surface area (TPSA) is 53.8 Å². The lowest BCUT2D eigenvalue weighted by atomic mass is 10.1. The SMILES string of the molecule is CCc1ccc(C(=O)N2CCN(C(=O)/C=C/c3ccco3)CC2)cc1.